The molecule has 4 nitrogen and oxygen atoms in total. The molecule has 2 rings (SSSR count). The average molecular weight is 240 g/mol. The number of hydrogen-bond donors (Lipinski definition) is 2. The van der Waals surface area contributed by atoms with Gasteiger partial charge in [-0.15, -0.1) is 0 Å². The van der Waals surface area contributed by atoms with E-state index in [0.29, 0.717) is 17.2 Å². The van der Waals surface area contributed by atoms with Gasteiger partial charge in [-0.1, -0.05) is 0 Å². The van der Waals surface area contributed by atoms with E-state index < -0.39 is 0 Å². The van der Waals surface area contributed by atoms with Crippen LogP contribution in [0.4, 0.5) is 0 Å². The predicted molar refractivity (Wildman–Crippen MR) is 64.8 cm³/mol. The molecule has 0 bridgehead atoms. The van der Waals surface area contributed by atoms with E-state index in [-0.39, 0.29) is 12.1 Å². The predicted octanol–water partition coefficient (Wildman–Crippen LogP) is 1.22. The van der Waals surface area contributed by atoms with Gasteiger partial charge in [-0.2, -0.15) is 0 Å². The second-order valence-electron chi connectivity index (χ2n) is 4.22. The molecular formula is C11H16N2O2S. The summed E-state index contributed by atoms with van der Waals surface area (Å²) in [5.41, 5.74) is 1.45. The lowest BCUT2D eigenvalue weighted by atomic mass is 10.2. The van der Waals surface area contributed by atoms with E-state index in [1.165, 1.54) is 0 Å². The van der Waals surface area contributed by atoms with Crippen LogP contribution in [0.3, 0.4) is 0 Å². The summed E-state index contributed by atoms with van der Waals surface area (Å²) in [5, 5.41) is 6.43. The topological polar surface area (TPSA) is 50.4 Å². The first kappa shape index (κ1) is 11.4. The van der Waals surface area contributed by atoms with Gasteiger partial charge in [0.2, 0.25) is 0 Å². The van der Waals surface area contributed by atoms with Crippen molar-refractivity contribution in [2.45, 2.75) is 38.7 Å². The maximum Gasteiger partial charge on any atom is 0.337 e. The molecule has 0 aromatic rings. The van der Waals surface area contributed by atoms with Crippen molar-refractivity contribution in [1.29, 1.82) is 0 Å². The minimum atomic E-state index is -0.216. The monoisotopic (exact) mass is 240 g/mol. The van der Waals surface area contributed by atoms with E-state index in [1.54, 1.807) is 0 Å². The summed E-state index contributed by atoms with van der Waals surface area (Å²) in [6, 6.07) is 0. The largest absolute Gasteiger partial charge is 0.459 e. The zero-order chi connectivity index (χ0) is 11.5. The molecule has 0 atom stereocenters. The zero-order valence-electron chi connectivity index (χ0n) is 9.34. The Kier molecular flexibility index (Phi) is 3.43. The Morgan fingerprint density at radius 3 is 2.75 bits per heavy atom. The second-order valence-corrected chi connectivity index (χ2v) is 4.63. The van der Waals surface area contributed by atoms with Crippen LogP contribution in [0.2, 0.25) is 0 Å². The molecule has 1 aliphatic heterocycles. The number of esters is 1. The third-order valence-corrected chi connectivity index (χ3v) is 3.25. The van der Waals surface area contributed by atoms with Gasteiger partial charge in [-0.05, 0) is 44.8 Å². The SMILES string of the molecule is CC1=C(C(=O)OC2CCCC2)CNC(=S)N1. The van der Waals surface area contributed by atoms with Crippen molar-refractivity contribution in [3.05, 3.63) is 11.3 Å². The van der Waals surface area contributed by atoms with Crippen LogP contribution < -0.4 is 10.6 Å². The lowest BCUT2D eigenvalue weighted by Crippen LogP contribution is -2.43. The van der Waals surface area contributed by atoms with Gasteiger partial charge in [-0.25, -0.2) is 4.79 Å². The number of carbonyl (C=O) groups excluding carboxylic acids is 1. The molecule has 1 heterocycles. The summed E-state index contributed by atoms with van der Waals surface area (Å²) >= 11 is 4.96. The molecular weight excluding hydrogens is 224 g/mol. The van der Waals surface area contributed by atoms with Crippen molar-refractivity contribution in [2.24, 2.45) is 0 Å². The molecule has 88 valence electrons. The lowest BCUT2D eigenvalue weighted by Gasteiger charge is -2.22. The zero-order valence-corrected chi connectivity index (χ0v) is 10.2. The normalized spacial score (nSPS) is 21.7. The lowest BCUT2D eigenvalue weighted by molar-refractivity contribution is -0.144. The van der Waals surface area contributed by atoms with Crippen molar-refractivity contribution in [3.8, 4) is 0 Å². The highest BCUT2D eigenvalue weighted by atomic mass is 32.1. The Labute approximate surface area is 100 Å². The fourth-order valence-corrected chi connectivity index (χ4v) is 2.27. The quantitative estimate of drug-likeness (QED) is 0.561. The van der Waals surface area contributed by atoms with Gasteiger partial charge in [0, 0.05) is 5.70 Å². The molecule has 0 saturated heterocycles. The van der Waals surface area contributed by atoms with Gasteiger partial charge in [0.15, 0.2) is 5.11 Å². The highest BCUT2D eigenvalue weighted by Crippen LogP contribution is 2.22. The smallest absolute Gasteiger partial charge is 0.337 e. The van der Waals surface area contributed by atoms with E-state index in [2.05, 4.69) is 10.6 Å². The number of hydrogen-bond acceptors (Lipinski definition) is 3. The highest BCUT2D eigenvalue weighted by molar-refractivity contribution is 7.80. The van der Waals surface area contributed by atoms with Crippen LogP contribution in [0.5, 0.6) is 0 Å². The first-order valence-corrected chi connectivity index (χ1v) is 6.03. The number of nitrogens with one attached hydrogen (secondary N) is 2. The molecule has 5 heteroatoms. The molecule has 1 saturated carbocycles. The molecule has 0 aromatic heterocycles. The van der Waals surface area contributed by atoms with E-state index in [9.17, 15) is 4.79 Å². The van der Waals surface area contributed by atoms with Crippen LogP contribution in [0.25, 0.3) is 0 Å². The van der Waals surface area contributed by atoms with Crippen molar-refractivity contribution in [2.75, 3.05) is 6.54 Å². The molecule has 2 aliphatic rings. The molecule has 0 radical (unpaired) electrons. The molecule has 2 N–H and O–H groups in total. The number of allylic oxidation sites excluding steroid dienone is 1. The molecule has 0 unspecified atom stereocenters. The van der Waals surface area contributed by atoms with Gasteiger partial charge >= 0.3 is 5.97 Å². The standard InChI is InChI=1S/C11H16N2O2S/c1-7-9(6-12-11(16)13-7)10(14)15-8-4-2-3-5-8/h8H,2-6H2,1H3,(H2,12,13,16). The first-order valence-electron chi connectivity index (χ1n) is 5.62. The number of thiocarbonyl (C=S) groups is 1. The average Bonchev–Trinajstić information content (AvgIpc) is 2.70. The number of rotatable bonds is 2. The highest BCUT2D eigenvalue weighted by Gasteiger charge is 2.24. The fourth-order valence-electron chi connectivity index (χ4n) is 2.05. The third kappa shape index (κ3) is 2.52. The van der Waals surface area contributed by atoms with Gasteiger partial charge in [0.1, 0.15) is 6.10 Å². The van der Waals surface area contributed by atoms with Crippen LogP contribution in [0.1, 0.15) is 32.6 Å². The van der Waals surface area contributed by atoms with Crippen LogP contribution in [0.15, 0.2) is 11.3 Å². The Bertz CT molecular complexity index is 346. The molecule has 0 amide bonds. The van der Waals surface area contributed by atoms with Crippen LogP contribution in [-0.4, -0.2) is 23.7 Å². The van der Waals surface area contributed by atoms with Crippen molar-refractivity contribution in [3.63, 3.8) is 0 Å². The maximum absolute atomic E-state index is 11.9. The van der Waals surface area contributed by atoms with E-state index in [0.717, 1.165) is 31.4 Å². The molecule has 1 fully saturated rings. The van der Waals surface area contributed by atoms with Gasteiger partial charge in [0.25, 0.3) is 0 Å². The van der Waals surface area contributed by atoms with Crippen LogP contribution in [0, 0.1) is 0 Å². The molecule has 1 aliphatic carbocycles. The summed E-state index contributed by atoms with van der Waals surface area (Å²) < 4.78 is 5.44. The molecule has 0 spiro atoms. The summed E-state index contributed by atoms with van der Waals surface area (Å²) in [6.07, 6.45) is 4.43. The Balaban J connectivity index is 1.98. The van der Waals surface area contributed by atoms with Crippen LogP contribution >= 0.6 is 12.2 Å². The third-order valence-electron chi connectivity index (χ3n) is 3.00. The molecule has 16 heavy (non-hydrogen) atoms. The summed E-state index contributed by atoms with van der Waals surface area (Å²) in [5.74, 6) is -0.216. The van der Waals surface area contributed by atoms with Gasteiger partial charge in [-0.3, -0.25) is 0 Å². The minimum Gasteiger partial charge on any atom is -0.459 e. The Morgan fingerprint density at radius 2 is 2.12 bits per heavy atom. The first-order chi connectivity index (χ1) is 7.66. The van der Waals surface area contributed by atoms with Gasteiger partial charge < -0.3 is 15.4 Å². The maximum atomic E-state index is 11.9. The fraction of sp³-hybridized carbons (Fsp3) is 0.636. The van der Waals surface area contributed by atoms with E-state index >= 15 is 0 Å². The summed E-state index contributed by atoms with van der Waals surface area (Å²) in [7, 11) is 0. The van der Waals surface area contributed by atoms with Gasteiger partial charge in [0.05, 0.1) is 12.1 Å². The summed E-state index contributed by atoms with van der Waals surface area (Å²) in [6.45, 7) is 2.31. The Hall–Kier alpha value is -1.10. The number of ether oxygens (including phenoxy) is 1. The Morgan fingerprint density at radius 1 is 1.44 bits per heavy atom. The molecule has 0 aromatic carbocycles. The second kappa shape index (κ2) is 4.82. The van der Waals surface area contributed by atoms with Crippen molar-refractivity contribution < 1.29 is 9.53 Å². The van der Waals surface area contributed by atoms with E-state index in [4.69, 9.17) is 17.0 Å². The summed E-state index contributed by atoms with van der Waals surface area (Å²) in [4.78, 5) is 11.9. The van der Waals surface area contributed by atoms with Crippen molar-refractivity contribution >= 4 is 23.3 Å². The minimum absolute atomic E-state index is 0.113. The van der Waals surface area contributed by atoms with Crippen molar-refractivity contribution in [1.82, 2.24) is 10.6 Å². The number of carbonyl (C=O) groups is 1. The van der Waals surface area contributed by atoms with Crippen LogP contribution in [-0.2, 0) is 9.53 Å². The van der Waals surface area contributed by atoms with E-state index in [1.807, 2.05) is 6.92 Å².